The third kappa shape index (κ3) is 2.90. The normalized spacial score (nSPS) is 20.3. The van der Waals surface area contributed by atoms with Gasteiger partial charge < -0.3 is 4.90 Å². The van der Waals surface area contributed by atoms with E-state index in [4.69, 9.17) is 0 Å². The highest BCUT2D eigenvalue weighted by molar-refractivity contribution is 8.14. The van der Waals surface area contributed by atoms with E-state index >= 15 is 0 Å². The molecule has 4 rings (SSSR count). The monoisotopic (exact) mass is 370 g/mol. The SMILES string of the molecule is Cn1nc(-c2ccccc2)cc1C(=O)N1CCC(N2C(=O)CSC2=O)C1. The van der Waals surface area contributed by atoms with Gasteiger partial charge in [0.25, 0.3) is 11.1 Å². The van der Waals surface area contributed by atoms with E-state index in [0.717, 1.165) is 23.0 Å². The highest BCUT2D eigenvalue weighted by Gasteiger charge is 2.40. The van der Waals surface area contributed by atoms with Gasteiger partial charge in [0.05, 0.1) is 17.5 Å². The summed E-state index contributed by atoms with van der Waals surface area (Å²) in [5.74, 6) is -0.0894. The van der Waals surface area contributed by atoms with Gasteiger partial charge >= 0.3 is 0 Å². The Morgan fingerprint density at radius 3 is 2.69 bits per heavy atom. The van der Waals surface area contributed by atoms with E-state index in [2.05, 4.69) is 5.10 Å². The van der Waals surface area contributed by atoms with Crippen molar-refractivity contribution in [2.75, 3.05) is 18.8 Å². The minimum atomic E-state index is -0.226. The first-order valence-electron chi connectivity index (χ1n) is 8.42. The second-order valence-electron chi connectivity index (χ2n) is 6.42. The maximum absolute atomic E-state index is 12.9. The van der Waals surface area contributed by atoms with E-state index in [0.29, 0.717) is 25.2 Å². The van der Waals surface area contributed by atoms with Gasteiger partial charge in [-0.05, 0) is 12.5 Å². The molecule has 0 N–H and O–H groups in total. The molecule has 2 aliphatic rings. The van der Waals surface area contributed by atoms with Crippen LogP contribution < -0.4 is 0 Å². The van der Waals surface area contributed by atoms with Crippen LogP contribution in [0.15, 0.2) is 36.4 Å². The van der Waals surface area contributed by atoms with Crippen LogP contribution in [0.3, 0.4) is 0 Å². The topological polar surface area (TPSA) is 75.5 Å². The number of aromatic nitrogens is 2. The van der Waals surface area contributed by atoms with Crippen LogP contribution >= 0.6 is 11.8 Å². The van der Waals surface area contributed by atoms with Crippen molar-refractivity contribution in [2.45, 2.75) is 12.5 Å². The summed E-state index contributed by atoms with van der Waals surface area (Å²) in [5, 5.41) is 4.23. The molecule has 0 aliphatic carbocycles. The molecule has 8 heteroatoms. The summed E-state index contributed by atoms with van der Waals surface area (Å²) in [4.78, 5) is 39.7. The Hall–Kier alpha value is -2.61. The van der Waals surface area contributed by atoms with Crippen LogP contribution in [0.4, 0.5) is 4.79 Å². The summed E-state index contributed by atoms with van der Waals surface area (Å²) in [6.45, 7) is 0.903. The third-order valence-electron chi connectivity index (χ3n) is 4.77. The van der Waals surface area contributed by atoms with Crippen molar-refractivity contribution in [1.82, 2.24) is 19.6 Å². The summed E-state index contributed by atoms with van der Waals surface area (Å²) < 4.78 is 1.58. The summed E-state index contributed by atoms with van der Waals surface area (Å²) in [7, 11) is 1.75. The Bertz CT molecular complexity index is 864. The van der Waals surface area contributed by atoms with Crippen molar-refractivity contribution < 1.29 is 14.4 Å². The quantitative estimate of drug-likeness (QED) is 0.826. The van der Waals surface area contributed by atoms with Gasteiger partial charge in [0.2, 0.25) is 5.91 Å². The first-order chi connectivity index (χ1) is 12.5. The molecule has 1 unspecified atom stereocenters. The first kappa shape index (κ1) is 16.8. The van der Waals surface area contributed by atoms with Gasteiger partial charge in [0.1, 0.15) is 5.69 Å². The Morgan fingerprint density at radius 2 is 2.00 bits per heavy atom. The van der Waals surface area contributed by atoms with Crippen LogP contribution in [0.1, 0.15) is 16.9 Å². The minimum absolute atomic E-state index is 0.128. The fraction of sp³-hybridized carbons (Fsp3) is 0.333. The van der Waals surface area contributed by atoms with E-state index in [9.17, 15) is 14.4 Å². The van der Waals surface area contributed by atoms with E-state index in [-0.39, 0.29) is 28.8 Å². The molecule has 1 aromatic carbocycles. The third-order valence-corrected chi connectivity index (χ3v) is 5.60. The van der Waals surface area contributed by atoms with Gasteiger partial charge in [0, 0.05) is 25.7 Å². The lowest BCUT2D eigenvalue weighted by Crippen LogP contribution is -2.41. The maximum Gasteiger partial charge on any atom is 0.289 e. The van der Waals surface area contributed by atoms with Crippen molar-refractivity contribution in [3.8, 4) is 11.3 Å². The van der Waals surface area contributed by atoms with Gasteiger partial charge in [0.15, 0.2) is 0 Å². The standard InChI is InChI=1S/C18H18N4O3S/c1-20-15(9-14(19-20)12-5-3-2-4-6-12)17(24)21-8-7-13(10-21)22-16(23)11-26-18(22)25/h2-6,9,13H,7-8,10-11H2,1H3. The maximum atomic E-state index is 12.9. The Kier molecular flexibility index (Phi) is 4.28. The summed E-state index contributed by atoms with van der Waals surface area (Å²) >= 11 is 1.03. The van der Waals surface area contributed by atoms with Crippen LogP contribution in [0.2, 0.25) is 0 Å². The molecular weight excluding hydrogens is 352 g/mol. The number of carbonyl (C=O) groups excluding carboxylic acids is 3. The molecule has 2 aromatic rings. The van der Waals surface area contributed by atoms with E-state index < -0.39 is 0 Å². The highest BCUT2D eigenvalue weighted by Crippen LogP contribution is 2.27. The molecule has 0 spiro atoms. The van der Waals surface area contributed by atoms with Gasteiger partial charge in [-0.25, -0.2) is 0 Å². The zero-order chi connectivity index (χ0) is 18.3. The number of benzene rings is 1. The van der Waals surface area contributed by atoms with Gasteiger partial charge in [-0.1, -0.05) is 42.1 Å². The number of rotatable bonds is 3. The molecule has 26 heavy (non-hydrogen) atoms. The molecule has 0 bridgehead atoms. The summed E-state index contributed by atoms with van der Waals surface area (Å²) in [5.41, 5.74) is 2.19. The second-order valence-corrected chi connectivity index (χ2v) is 7.34. The molecule has 2 aliphatic heterocycles. The molecule has 1 atom stereocenters. The van der Waals surface area contributed by atoms with Crippen molar-refractivity contribution in [2.24, 2.45) is 7.05 Å². The highest BCUT2D eigenvalue weighted by atomic mass is 32.2. The van der Waals surface area contributed by atoms with E-state index in [1.54, 1.807) is 22.7 Å². The zero-order valence-corrected chi connectivity index (χ0v) is 15.1. The molecule has 1 aromatic heterocycles. The molecule has 134 valence electrons. The number of hydrogen-bond donors (Lipinski definition) is 0. The van der Waals surface area contributed by atoms with Crippen molar-refractivity contribution in [1.29, 1.82) is 0 Å². The van der Waals surface area contributed by atoms with Crippen LogP contribution in [0, 0.1) is 0 Å². The van der Waals surface area contributed by atoms with Crippen LogP contribution in [-0.2, 0) is 11.8 Å². The molecular formula is C18H18N4O3S. The molecule has 2 saturated heterocycles. The Balaban J connectivity index is 1.51. The largest absolute Gasteiger partial charge is 0.335 e. The van der Waals surface area contributed by atoms with Gasteiger partial charge in [-0.3, -0.25) is 24.0 Å². The molecule has 2 fully saturated rings. The summed E-state index contributed by atoms with van der Waals surface area (Å²) in [6.07, 6.45) is 0.618. The minimum Gasteiger partial charge on any atom is -0.335 e. The average molecular weight is 370 g/mol. The number of nitrogens with zero attached hydrogens (tertiary/aromatic N) is 4. The lowest BCUT2D eigenvalue weighted by molar-refractivity contribution is -0.126. The molecule has 3 heterocycles. The van der Waals surface area contributed by atoms with Crippen molar-refractivity contribution in [3.63, 3.8) is 0 Å². The van der Waals surface area contributed by atoms with Crippen molar-refractivity contribution in [3.05, 3.63) is 42.1 Å². The fourth-order valence-electron chi connectivity index (χ4n) is 3.43. The number of aryl methyl sites for hydroxylation is 1. The first-order valence-corrected chi connectivity index (χ1v) is 9.40. The average Bonchev–Trinajstić information content (AvgIpc) is 3.34. The molecule has 0 radical (unpaired) electrons. The number of thioether (sulfide) groups is 1. The number of hydrogen-bond acceptors (Lipinski definition) is 5. The van der Waals surface area contributed by atoms with Crippen LogP contribution in [-0.4, -0.2) is 61.5 Å². The zero-order valence-electron chi connectivity index (χ0n) is 14.3. The number of imide groups is 1. The van der Waals surface area contributed by atoms with Gasteiger partial charge in [-0.2, -0.15) is 5.10 Å². The van der Waals surface area contributed by atoms with E-state index in [1.807, 2.05) is 30.3 Å². The lowest BCUT2D eigenvalue weighted by atomic mass is 10.1. The van der Waals surface area contributed by atoms with Crippen molar-refractivity contribution >= 4 is 28.8 Å². The fourth-order valence-corrected chi connectivity index (χ4v) is 4.21. The van der Waals surface area contributed by atoms with Crippen LogP contribution in [0.5, 0.6) is 0 Å². The number of carbonyl (C=O) groups is 3. The molecule has 3 amide bonds. The Morgan fingerprint density at radius 1 is 1.23 bits per heavy atom. The smallest absolute Gasteiger partial charge is 0.289 e. The summed E-state index contributed by atoms with van der Waals surface area (Å²) in [6, 6.07) is 11.2. The lowest BCUT2D eigenvalue weighted by Gasteiger charge is -2.21. The van der Waals surface area contributed by atoms with Crippen LogP contribution in [0.25, 0.3) is 11.3 Å². The van der Waals surface area contributed by atoms with E-state index in [1.165, 1.54) is 4.90 Å². The number of likely N-dealkylation sites (tertiary alicyclic amines) is 1. The Labute approximate surface area is 154 Å². The molecule has 7 nitrogen and oxygen atoms in total. The predicted octanol–water partition coefficient (Wildman–Crippen LogP) is 2.00. The second kappa shape index (κ2) is 6.60. The van der Waals surface area contributed by atoms with Gasteiger partial charge in [-0.15, -0.1) is 0 Å². The molecule has 0 saturated carbocycles. The predicted molar refractivity (Wildman–Crippen MR) is 97.7 cm³/mol. The number of amides is 3.